The van der Waals surface area contributed by atoms with Gasteiger partial charge in [0.1, 0.15) is 0 Å². The van der Waals surface area contributed by atoms with Crippen LogP contribution < -0.4 is 0 Å². The molecule has 0 fully saturated rings. The Morgan fingerprint density at radius 2 is 2.00 bits per heavy atom. The van der Waals surface area contributed by atoms with E-state index in [1.165, 1.54) is 0 Å². The van der Waals surface area contributed by atoms with E-state index in [9.17, 15) is 0 Å². The molecule has 0 radical (unpaired) electrons. The molecule has 4 rings (SSSR count). The summed E-state index contributed by atoms with van der Waals surface area (Å²) in [5.74, 6) is 0. The highest BCUT2D eigenvalue weighted by atomic mass is 15.1. The third-order valence-electron chi connectivity index (χ3n) is 3.11. The molecule has 0 aromatic carbocycles. The predicted molar refractivity (Wildman–Crippen MR) is 69.0 cm³/mol. The Kier molecular flexibility index (Phi) is 1.77. The lowest BCUT2D eigenvalue weighted by Crippen LogP contribution is -1.85. The zero-order valence-electron chi connectivity index (χ0n) is 9.38. The van der Waals surface area contributed by atoms with E-state index in [1.807, 2.05) is 30.7 Å². The number of aromatic nitrogens is 5. The van der Waals surface area contributed by atoms with E-state index in [-0.39, 0.29) is 0 Å². The first-order valence-electron chi connectivity index (χ1n) is 5.63. The number of nitrogens with one attached hydrogen (secondary N) is 2. The summed E-state index contributed by atoms with van der Waals surface area (Å²) in [5, 5.41) is 9.02. The van der Waals surface area contributed by atoms with Gasteiger partial charge in [-0.25, -0.2) is 4.98 Å². The molecule has 4 aromatic heterocycles. The summed E-state index contributed by atoms with van der Waals surface area (Å²) in [5.41, 5.74) is 4.01. The quantitative estimate of drug-likeness (QED) is 0.532. The minimum atomic E-state index is 0.788. The van der Waals surface area contributed by atoms with Gasteiger partial charge in [0.25, 0.3) is 0 Å². The fraction of sp³-hybridized carbons (Fsp3) is 0. The highest BCUT2D eigenvalue weighted by molar-refractivity contribution is 6.01. The van der Waals surface area contributed by atoms with E-state index in [1.54, 1.807) is 12.4 Å². The van der Waals surface area contributed by atoms with Gasteiger partial charge in [-0.05, 0) is 17.7 Å². The van der Waals surface area contributed by atoms with E-state index in [4.69, 9.17) is 0 Å². The monoisotopic (exact) mass is 235 g/mol. The Bertz CT molecular complexity index is 770. The fourth-order valence-corrected chi connectivity index (χ4v) is 2.27. The van der Waals surface area contributed by atoms with Crippen molar-refractivity contribution in [1.29, 1.82) is 0 Å². The van der Waals surface area contributed by atoms with Crippen molar-refractivity contribution in [1.82, 2.24) is 25.1 Å². The Labute approximate surface area is 102 Å². The van der Waals surface area contributed by atoms with E-state index in [2.05, 4.69) is 25.1 Å². The minimum absolute atomic E-state index is 0.788. The zero-order valence-corrected chi connectivity index (χ0v) is 9.38. The Balaban J connectivity index is 2.13. The molecule has 86 valence electrons. The van der Waals surface area contributed by atoms with Crippen molar-refractivity contribution in [3.63, 3.8) is 0 Å². The van der Waals surface area contributed by atoms with Gasteiger partial charge >= 0.3 is 0 Å². The van der Waals surface area contributed by atoms with Crippen molar-refractivity contribution in [2.24, 2.45) is 0 Å². The molecule has 4 aromatic rings. The number of nitrogens with zero attached hydrogens (tertiary/aromatic N) is 3. The lowest BCUT2D eigenvalue weighted by atomic mass is 10.0. The van der Waals surface area contributed by atoms with E-state index < -0.39 is 0 Å². The summed E-state index contributed by atoms with van der Waals surface area (Å²) in [6.07, 6.45) is 9.20. The normalized spacial score (nSPS) is 11.3. The number of pyridine rings is 2. The van der Waals surface area contributed by atoms with Gasteiger partial charge in [0.2, 0.25) is 0 Å². The molecule has 0 amide bonds. The average molecular weight is 235 g/mol. The van der Waals surface area contributed by atoms with Gasteiger partial charge in [-0.1, -0.05) is 0 Å². The summed E-state index contributed by atoms with van der Waals surface area (Å²) in [6.45, 7) is 0. The van der Waals surface area contributed by atoms with Crippen molar-refractivity contribution < 1.29 is 0 Å². The van der Waals surface area contributed by atoms with Crippen LogP contribution in [0.25, 0.3) is 33.1 Å². The van der Waals surface area contributed by atoms with Crippen LogP contribution in [0.2, 0.25) is 0 Å². The molecule has 0 saturated carbocycles. The first-order chi connectivity index (χ1) is 8.93. The van der Waals surface area contributed by atoms with Gasteiger partial charge in [0.15, 0.2) is 5.65 Å². The molecular formula is C13H9N5. The molecule has 4 heterocycles. The smallest absolute Gasteiger partial charge is 0.155 e. The van der Waals surface area contributed by atoms with Crippen LogP contribution in [-0.4, -0.2) is 25.1 Å². The Morgan fingerprint density at radius 1 is 1.00 bits per heavy atom. The van der Waals surface area contributed by atoms with Crippen LogP contribution in [0.4, 0.5) is 0 Å². The van der Waals surface area contributed by atoms with E-state index in [0.717, 1.165) is 33.1 Å². The number of aromatic amines is 2. The van der Waals surface area contributed by atoms with Crippen LogP contribution in [0.3, 0.4) is 0 Å². The summed E-state index contributed by atoms with van der Waals surface area (Å²) in [6, 6.07) is 3.99. The second-order valence-electron chi connectivity index (χ2n) is 4.12. The predicted octanol–water partition coefficient (Wildman–Crippen LogP) is 2.50. The number of H-pyrrole nitrogens is 2. The minimum Gasteiger partial charge on any atom is -0.361 e. The lowest BCUT2D eigenvalue weighted by Gasteiger charge is -2.03. The van der Waals surface area contributed by atoms with Gasteiger partial charge < -0.3 is 4.98 Å². The SMILES string of the molecule is c1cc(-c2cncc3cc[nH]c23)c2cn[nH]c2n1. The molecule has 0 aliphatic heterocycles. The van der Waals surface area contributed by atoms with Crippen LogP contribution in [0.1, 0.15) is 0 Å². The van der Waals surface area contributed by atoms with Gasteiger partial charge in [-0.3, -0.25) is 10.1 Å². The van der Waals surface area contributed by atoms with Crippen LogP contribution in [0.15, 0.2) is 43.1 Å². The van der Waals surface area contributed by atoms with Crippen LogP contribution in [-0.2, 0) is 0 Å². The Hall–Kier alpha value is -2.69. The number of hydrogen-bond donors (Lipinski definition) is 2. The summed E-state index contributed by atoms with van der Waals surface area (Å²) < 4.78 is 0. The maximum absolute atomic E-state index is 4.28. The zero-order chi connectivity index (χ0) is 11.9. The molecule has 0 aliphatic rings. The van der Waals surface area contributed by atoms with Crippen molar-refractivity contribution >= 4 is 21.9 Å². The molecule has 2 N–H and O–H groups in total. The molecular weight excluding hydrogens is 226 g/mol. The molecule has 0 spiro atoms. The van der Waals surface area contributed by atoms with Crippen molar-refractivity contribution in [3.8, 4) is 11.1 Å². The van der Waals surface area contributed by atoms with Gasteiger partial charge in [-0.2, -0.15) is 5.10 Å². The standard InChI is InChI=1S/C13H9N5/c1-3-15-12-8(1)5-14-6-10(12)9-2-4-16-13-11(9)7-17-18-13/h1-7,15H,(H,16,17,18). The average Bonchev–Trinajstić information content (AvgIpc) is 3.06. The van der Waals surface area contributed by atoms with Crippen LogP contribution in [0.5, 0.6) is 0 Å². The lowest BCUT2D eigenvalue weighted by molar-refractivity contribution is 1.10. The highest BCUT2D eigenvalue weighted by Crippen LogP contribution is 2.30. The molecule has 5 nitrogen and oxygen atoms in total. The summed E-state index contributed by atoms with van der Waals surface area (Å²) >= 11 is 0. The van der Waals surface area contributed by atoms with Gasteiger partial charge in [-0.15, -0.1) is 0 Å². The second-order valence-corrected chi connectivity index (χ2v) is 4.12. The number of hydrogen-bond acceptors (Lipinski definition) is 3. The largest absolute Gasteiger partial charge is 0.361 e. The van der Waals surface area contributed by atoms with Gasteiger partial charge in [0, 0.05) is 41.1 Å². The summed E-state index contributed by atoms with van der Waals surface area (Å²) in [7, 11) is 0. The van der Waals surface area contributed by atoms with Crippen molar-refractivity contribution in [2.45, 2.75) is 0 Å². The highest BCUT2D eigenvalue weighted by Gasteiger charge is 2.10. The van der Waals surface area contributed by atoms with Crippen molar-refractivity contribution in [2.75, 3.05) is 0 Å². The molecule has 0 unspecified atom stereocenters. The van der Waals surface area contributed by atoms with Crippen LogP contribution >= 0.6 is 0 Å². The van der Waals surface area contributed by atoms with Gasteiger partial charge in [0.05, 0.1) is 11.7 Å². The number of fused-ring (bicyclic) bond motifs is 2. The summed E-state index contributed by atoms with van der Waals surface area (Å²) in [4.78, 5) is 11.8. The topological polar surface area (TPSA) is 70.2 Å². The third-order valence-corrected chi connectivity index (χ3v) is 3.11. The first kappa shape index (κ1) is 9.35. The molecule has 0 bridgehead atoms. The molecule has 5 heteroatoms. The molecule has 0 atom stereocenters. The van der Waals surface area contributed by atoms with Crippen molar-refractivity contribution in [3.05, 3.63) is 43.1 Å². The third kappa shape index (κ3) is 1.18. The maximum Gasteiger partial charge on any atom is 0.155 e. The molecule has 18 heavy (non-hydrogen) atoms. The van der Waals surface area contributed by atoms with E-state index >= 15 is 0 Å². The second kappa shape index (κ2) is 3.40. The Morgan fingerprint density at radius 3 is 3.00 bits per heavy atom. The molecule has 0 aliphatic carbocycles. The molecule has 0 saturated heterocycles. The maximum atomic E-state index is 4.28. The first-order valence-corrected chi connectivity index (χ1v) is 5.63. The fourth-order valence-electron chi connectivity index (χ4n) is 2.27. The number of rotatable bonds is 1. The van der Waals surface area contributed by atoms with E-state index in [0.29, 0.717) is 0 Å². The van der Waals surface area contributed by atoms with Crippen LogP contribution in [0, 0.1) is 0 Å².